The molecule has 28 heavy (non-hydrogen) atoms. The summed E-state index contributed by atoms with van der Waals surface area (Å²) in [4.78, 5) is 18.8. The molecule has 142 valence electrons. The van der Waals surface area contributed by atoms with Crippen LogP contribution >= 0.6 is 11.6 Å². The van der Waals surface area contributed by atoms with Crippen LogP contribution in [0.4, 0.5) is 0 Å². The molecule has 0 spiro atoms. The lowest BCUT2D eigenvalue weighted by Crippen LogP contribution is -2.55. The van der Waals surface area contributed by atoms with E-state index < -0.39 is 6.10 Å². The van der Waals surface area contributed by atoms with Gasteiger partial charge in [0.25, 0.3) is 5.91 Å². The van der Waals surface area contributed by atoms with Crippen molar-refractivity contribution >= 4 is 17.5 Å². The second kappa shape index (κ2) is 6.83. The predicted molar refractivity (Wildman–Crippen MR) is 100 cm³/mol. The molecule has 3 heterocycles. The Hall–Kier alpha value is -3.06. The van der Waals surface area contributed by atoms with Crippen molar-refractivity contribution in [3.8, 4) is 22.9 Å². The molecule has 0 bridgehead atoms. The van der Waals surface area contributed by atoms with Crippen molar-refractivity contribution in [3.63, 3.8) is 0 Å². The molecule has 2 aliphatic heterocycles. The fraction of sp³-hybridized carbons (Fsp3) is 0.250. The maximum Gasteiger partial charge on any atom is 0.267 e. The molecular formula is C20H16ClN3O4. The molecule has 3 aromatic rings. The lowest BCUT2D eigenvalue weighted by atomic mass is 9.99. The quantitative estimate of drug-likeness (QED) is 0.675. The van der Waals surface area contributed by atoms with Gasteiger partial charge in [0.05, 0.1) is 5.92 Å². The fourth-order valence-corrected chi connectivity index (χ4v) is 3.50. The Balaban J connectivity index is 1.22. The minimum absolute atomic E-state index is 0.0150. The average Bonchev–Trinajstić information content (AvgIpc) is 3.16. The molecule has 1 saturated heterocycles. The highest BCUT2D eigenvalue weighted by atomic mass is 35.5. The number of nitrogens with zero attached hydrogens (tertiary/aromatic N) is 3. The first-order chi connectivity index (χ1) is 13.7. The minimum Gasteiger partial charge on any atom is -0.485 e. The number of rotatable bonds is 3. The Kier molecular flexibility index (Phi) is 4.16. The molecule has 1 fully saturated rings. The first-order valence-electron chi connectivity index (χ1n) is 8.94. The van der Waals surface area contributed by atoms with E-state index >= 15 is 0 Å². The van der Waals surface area contributed by atoms with Gasteiger partial charge >= 0.3 is 0 Å². The van der Waals surface area contributed by atoms with Gasteiger partial charge in [-0.1, -0.05) is 41.0 Å². The molecule has 2 aromatic carbocycles. The van der Waals surface area contributed by atoms with Gasteiger partial charge < -0.3 is 18.9 Å². The van der Waals surface area contributed by atoms with Gasteiger partial charge in [-0.25, -0.2) is 0 Å². The third-order valence-electron chi connectivity index (χ3n) is 4.85. The van der Waals surface area contributed by atoms with Gasteiger partial charge in [0.15, 0.2) is 11.5 Å². The van der Waals surface area contributed by atoms with Crippen molar-refractivity contribution in [3.05, 3.63) is 59.4 Å². The molecule has 8 heteroatoms. The third kappa shape index (κ3) is 3.07. The summed E-state index contributed by atoms with van der Waals surface area (Å²) >= 11 is 6.01. The Bertz CT molecular complexity index is 1030. The molecule has 0 N–H and O–H groups in total. The van der Waals surface area contributed by atoms with E-state index in [1.54, 1.807) is 23.1 Å². The van der Waals surface area contributed by atoms with Gasteiger partial charge in [0.2, 0.25) is 17.8 Å². The second-order valence-corrected chi connectivity index (χ2v) is 7.21. The number of likely N-dealkylation sites (tertiary alicyclic amines) is 1. The van der Waals surface area contributed by atoms with Gasteiger partial charge in [0.1, 0.15) is 6.61 Å². The zero-order valence-electron chi connectivity index (χ0n) is 14.7. The summed E-state index contributed by atoms with van der Waals surface area (Å²) in [6.07, 6.45) is -0.638. The fourth-order valence-electron chi connectivity index (χ4n) is 3.31. The molecule has 0 radical (unpaired) electrons. The lowest BCUT2D eigenvalue weighted by Gasteiger charge is -2.39. The van der Waals surface area contributed by atoms with Gasteiger partial charge in [-0.05, 0) is 24.3 Å². The van der Waals surface area contributed by atoms with E-state index in [4.69, 9.17) is 25.6 Å². The van der Waals surface area contributed by atoms with Crippen LogP contribution in [-0.2, 0) is 4.79 Å². The Morgan fingerprint density at radius 1 is 1.11 bits per heavy atom. The standard InChI is InChI=1S/C20H16ClN3O4/c21-14-5-3-4-12(8-14)18-22-19(28-23-18)13-9-24(10-13)20(25)17-11-26-15-6-1-2-7-16(15)27-17/h1-8,13,17H,9-11H2. The van der Waals surface area contributed by atoms with Gasteiger partial charge in [-0.3, -0.25) is 4.79 Å². The molecule has 1 atom stereocenters. The van der Waals surface area contributed by atoms with Crippen LogP contribution in [0.15, 0.2) is 53.1 Å². The summed E-state index contributed by atoms with van der Waals surface area (Å²) < 4.78 is 16.8. The first-order valence-corrected chi connectivity index (χ1v) is 9.32. The van der Waals surface area contributed by atoms with Crippen molar-refractivity contribution in [1.29, 1.82) is 0 Å². The van der Waals surface area contributed by atoms with Crippen molar-refractivity contribution in [1.82, 2.24) is 15.0 Å². The predicted octanol–water partition coefficient (Wildman–Crippen LogP) is 3.16. The maximum atomic E-state index is 12.7. The third-order valence-corrected chi connectivity index (χ3v) is 5.09. The zero-order chi connectivity index (χ0) is 19.1. The SMILES string of the molecule is O=C(C1COc2ccccc2O1)N1CC(c2nc(-c3cccc(Cl)c3)no2)C1. The summed E-state index contributed by atoms with van der Waals surface area (Å²) in [5.74, 6) is 2.18. The molecule has 2 aliphatic rings. The molecular weight excluding hydrogens is 382 g/mol. The number of halogens is 1. The Labute approximate surface area is 165 Å². The van der Waals surface area contributed by atoms with E-state index in [-0.39, 0.29) is 18.4 Å². The van der Waals surface area contributed by atoms with Gasteiger partial charge in [-0.2, -0.15) is 4.98 Å². The van der Waals surface area contributed by atoms with Crippen molar-refractivity contribution in [2.45, 2.75) is 12.0 Å². The van der Waals surface area contributed by atoms with E-state index in [0.29, 0.717) is 41.3 Å². The summed E-state index contributed by atoms with van der Waals surface area (Å²) in [5, 5.41) is 4.63. The van der Waals surface area contributed by atoms with E-state index in [1.807, 2.05) is 30.3 Å². The van der Waals surface area contributed by atoms with Crippen LogP contribution < -0.4 is 9.47 Å². The number of carbonyl (C=O) groups excluding carboxylic acids is 1. The van der Waals surface area contributed by atoms with Crippen molar-refractivity contribution in [2.75, 3.05) is 19.7 Å². The Morgan fingerprint density at radius 3 is 2.75 bits per heavy atom. The van der Waals surface area contributed by atoms with Crippen LogP contribution in [0.5, 0.6) is 11.5 Å². The average molecular weight is 398 g/mol. The highest BCUT2D eigenvalue weighted by Crippen LogP contribution is 2.33. The van der Waals surface area contributed by atoms with Crippen LogP contribution in [0, 0.1) is 0 Å². The van der Waals surface area contributed by atoms with E-state index in [1.165, 1.54) is 0 Å². The number of fused-ring (bicyclic) bond motifs is 1. The molecule has 5 rings (SSSR count). The number of aromatic nitrogens is 2. The number of hydrogen-bond acceptors (Lipinski definition) is 6. The topological polar surface area (TPSA) is 77.7 Å². The zero-order valence-corrected chi connectivity index (χ0v) is 15.5. The second-order valence-electron chi connectivity index (χ2n) is 6.77. The van der Waals surface area contributed by atoms with Crippen molar-refractivity contribution in [2.24, 2.45) is 0 Å². The van der Waals surface area contributed by atoms with Crippen LogP contribution in [0.2, 0.25) is 5.02 Å². The Morgan fingerprint density at radius 2 is 1.93 bits per heavy atom. The summed E-state index contributed by atoms with van der Waals surface area (Å²) in [6, 6.07) is 14.6. The van der Waals surface area contributed by atoms with Gasteiger partial charge in [-0.15, -0.1) is 0 Å². The van der Waals surface area contributed by atoms with Crippen LogP contribution in [0.1, 0.15) is 11.8 Å². The molecule has 1 amide bonds. The number of para-hydroxylation sites is 2. The number of benzene rings is 2. The molecule has 1 unspecified atom stereocenters. The number of ether oxygens (including phenoxy) is 2. The monoisotopic (exact) mass is 397 g/mol. The highest BCUT2D eigenvalue weighted by molar-refractivity contribution is 6.30. The van der Waals surface area contributed by atoms with Crippen LogP contribution in [0.3, 0.4) is 0 Å². The normalized spacial score (nSPS) is 18.6. The van der Waals surface area contributed by atoms with Crippen molar-refractivity contribution < 1.29 is 18.8 Å². The van der Waals surface area contributed by atoms with E-state index in [9.17, 15) is 4.79 Å². The molecule has 0 aliphatic carbocycles. The van der Waals surface area contributed by atoms with E-state index in [0.717, 1.165) is 5.56 Å². The van der Waals surface area contributed by atoms with Gasteiger partial charge in [0, 0.05) is 23.7 Å². The van der Waals surface area contributed by atoms with E-state index in [2.05, 4.69) is 10.1 Å². The molecule has 1 aromatic heterocycles. The highest BCUT2D eigenvalue weighted by Gasteiger charge is 2.40. The van der Waals surface area contributed by atoms with Crippen LogP contribution in [0.25, 0.3) is 11.4 Å². The number of amides is 1. The summed E-state index contributed by atoms with van der Waals surface area (Å²) in [7, 11) is 0. The largest absolute Gasteiger partial charge is 0.485 e. The summed E-state index contributed by atoms with van der Waals surface area (Å²) in [6.45, 7) is 1.23. The summed E-state index contributed by atoms with van der Waals surface area (Å²) in [5.41, 5.74) is 0.793. The lowest BCUT2D eigenvalue weighted by molar-refractivity contribution is -0.146. The first kappa shape index (κ1) is 17.1. The molecule has 7 nitrogen and oxygen atoms in total. The number of hydrogen-bond donors (Lipinski definition) is 0. The number of carbonyl (C=O) groups is 1. The van der Waals surface area contributed by atoms with Crippen LogP contribution in [-0.4, -0.2) is 46.7 Å². The maximum absolute atomic E-state index is 12.7. The molecule has 0 saturated carbocycles. The smallest absolute Gasteiger partial charge is 0.267 e. The minimum atomic E-state index is -0.638.